The van der Waals surface area contributed by atoms with Gasteiger partial charge in [0.1, 0.15) is 0 Å². The summed E-state index contributed by atoms with van der Waals surface area (Å²) in [6.07, 6.45) is 0.0384. The predicted molar refractivity (Wildman–Crippen MR) is 49.3 cm³/mol. The minimum absolute atomic E-state index is 0.0247. The lowest BCUT2D eigenvalue weighted by Crippen LogP contribution is -2.38. The van der Waals surface area contributed by atoms with E-state index in [1.165, 1.54) is 0 Å². The summed E-state index contributed by atoms with van der Waals surface area (Å²) >= 11 is 0. The molecule has 0 radical (unpaired) electrons. The molecular formula is C9H11N3O3. The molecule has 0 atom stereocenters. The first-order valence-electron chi connectivity index (χ1n) is 4.56. The SMILES string of the molecule is CC(C)N1C(=O)C(=O)N(CCC#N)C1=O. The molecule has 0 aromatic carbocycles. The molecule has 0 N–H and O–H groups in total. The third kappa shape index (κ3) is 1.81. The van der Waals surface area contributed by atoms with Crippen LogP contribution in [0.3, 0.4) is 0 Å². The molecule has 1 heterocycles. The van der Waals surface area contributed by atoms with Crippen molar-refractivity contribution in [3.63, 3.8) is 0 Å². The summed E-state index contributed by atoms with van der Waals surface area (Å²) in [4.78, 5) is 36.0. The Morgan fingerprint density at radius 3 is 2.27 bits per heavy atom. The Balaban J connectivity index is 2.86. The first kappa shape index (κ1) is 11.2. The molecule has 0 aromatic heterocycles. The third-order valence-electron chi connectivity index (χ3n) is 2.05. The van der Waals surface area contributed by atoms with Gasteiger partial charge in [-0.1, -0.05) is 0 Å². The van der Waals surface area contributed by atoms with E-state index in [9.17, 15) is 14.4 Å². The maximum Gasteiger partial charge on any atom is 0.334 e. The molecule has 15 heavy (non-hydrogen) atoms. The molecule has 4 amide bonds. The highest BCUT2D eigenvalue weighted by atomic mass is 16.2. The van der Waals surface area contributed by atoms with Crippen molar-refractivity contribution in [2.24, 2.45) is 0 Å². The molecule has 0 spiro atoms. The zero-order chi connectivity index (χ0) is 11.6. The fraction of sp³-hybridized carbons (Fsp3) is 0.556. The summed E-state index contributed by atoms with van der Waals surface area (Å²) in [6.45, 7) is 3.27. The van der Waals surface area contributed by atoms with Gasteiger partial charge in [-0.3, -0.25) is 19.4 Å². The second-order valence-electron chi connectivity index (χ2n) is 3.42. The lowest BCUT2D eigenvalue weighted by Gasteiger charge is -2.17. The first-order chi connectivity index (χ1) is 7.00. The number of rotatable bonds is 3. The van der Waals surface area contributed by atoms with Crippen molar-refractivity contribution in [3.8, 4) is 6.07 Å². The monoisotopic (exact) mass is 209 g/mol. The van der Waals surface area contributed by atoms with Crippen LogP contribution in [0.25, 0.3) is 0 Å². The maximum atomic E-state index is 11.6. The summed E-state index contributed by atoms with van der Waals surface area (Å²) in [6, 6.07) is 0.843. The molecular weight excluding hydrogens is 198 g/mol. The molecule has 80 valence electrons. The van der Waals surface area contributed by atoms with Crippen molar-refractivity contribution in [3.05, 3.63) is 0 Å². The standard InChI is InChI=1S/C9H11N3O3/c1-6(2)12-8(14)7(13)11(9(12)15)5-3-4-10/h6H,3,5H2,1-2H3. The predicted octanol–water partition coefficient (Wildman–Crippen LogP) is 0.0993. The Hall–Kier alpha value is -1.90. The van der Waals surface area contributed by atoms with Gasteiger partial charge in [-0.25, -0.2) is 4.79 Å². The Kier molecular flexibility index (Phi) is 3.04. The smallest absolute Gasteiger partial charge is 0.263 e. The van der Waals surface area contributed by atoms with Crippen LogP contribution in [-0.4, -0.2) is 40.2 Å². The van der Waals surface area contributed by atoms with E-state index >= 15 is 0 Å². The molecule has 0 saturated carbocycles. The largest absolute Gasteiger partial charge is 0.334 e. The van der Waals surface area contributed by atoms with E-state index in [0.29, 0.717) is 0 Å². The summed E-state index contributed by atoms with van der Waals surface area (Å²) in [7, 11) is 0. The summed E-state index contributed by atoms with van der Waals surface area (Å²) in [5.74, 6) is -1.66. The molecule has 1 aliphatic rings. The number of carbonyl (C=O) groups is 3. The lowest BCUT2D eigenvalue weighted by atomic mass is 10.3. The summed E-state index contributed by atoms with van der Waals surface area (Å²) in [5, 5.41) is 8.34. The van der Waals surface area contributed by atoms with Crippen molar-refractivity contribution < 1.29 is 14.4 Å². The molecule has 1 fully saturated rings. The van der Waals surface area contributed by atoms with Gasteiger partial charge in [0, 0.05) is 12.6 Å². The van der Waals surface area contributed by atoms with Gasteiger partial charge in [0.15, 0.2) is 0 Å². The van der Waals surface area contributed by atoms with E-state index in [1.54, 1.807) is 13.8 Å². The normalized spacial score (nSPS) is 16.5. The lowest BCUT2D eigenvalue weighted by molar-refractivity contribution is -0.143. The summed E-state index contributed by atoms with van der Waals surface area (Å²) < 4.78 is 0. The topological polar surface area (TPSA) is 81.5 Å². The second kappa shape index (κ2) is 4.09. The molecule has 1 rings (SSSR count). The Bertz CT molecular complexity index is 356. The third-order valence-corrected chi connectivity index (χ3v) is 2.05. The minimum Gasteiger partial charge on any atom is -0.263 e. The van der Waals surface area contributed by atoms with Crippen molar-refractivity contribution >= 4 is 17.8 Å². The number of carbonyl (C=O) groups excluding carboxylic acids is 3. The first-order valence-corrected chi connectivity index (χ1v) is 4.56. The zero-order valence-corrected chi connectivity index (χ0v) is 8.56. The van der Waals surface area contributed by atoms with E-state index in [2.05, 4.69) is 0 Å². The Morgan fingerprint density at radius 1 is 1.27 bits per heavy atom. The number of nitrogens with zero attached hydrogens (tertiary/aromatic N) is 3. The van der Waals surface area contributed by atoms with Crippen LogP contribution in [0.2, 0.25) is 0 Å². The van der Waals surface area contributed by atoms with E-state index in [1.807, 2.05) is 6.07 Å². The van der Waals surface area contributed by atoms with Crippen LogP contribution in [0.1, 0.15) is 20.3 Å². The number of nitriles is 1. The van der Waals surface area contributed by atoms with Crippen LogP contribution in [0, 0.1) is 11.3 Å². The number of amides is 4. The highest BCUT2D eigenvalue weighted by Crippen LogP contribution is 2.15. The molecule has 1 saturated heterocycles. The Morgan fingerprint density at radius 2 is 1.87 bits per heavy atom. The molecule has 0 unspecified atom stereocenters. The van der Waals surface area contributed by atoms with Gasteiger partial charge in [0.2, 0.25) is 0 Å². The minimum atomic E-state index is -0.844. The summed E-state index contributed by atoms with van der Waals surface area (Å²) in [5.41, 5.74) is 0. The van der Waals surface area contributed by atoms with Gasteiger partial charge in [0.25, 0.3) is 0 Å². The van der Waals surface area contributed by atoms with Crippen molar-refractivity contribution in [1.82, 2.24) is 9.80 Å². The fourth-order valence-electron chi connectivity index (χ4n) is 1.34. The number of hydrogen-bond donors (Lipinski definition) is 0. The van der Waals surface area contributed by atoms with Crippen LogP contribution in [0.5, 0.6) is 0 Å². The maximum absolute atomic E-state index is 11.6. The zero-order valence-electron chi connectivity index (χ0n) is 8.56. The van der Waals surface area contributed by atoms with Gasteiger partial charge >= 0.3 is 17.8 Å². The van der Waals surface area contributed by atoms with Crippen molar-refractivity contribution in [1.29, 1.82) is 5.26 Å². The van der Waals surface area contributed by atoms with Crippen LogP contribution >= 0.6 is 0 Å². The number of urea groups is 1. The van der Waals surface area contributed by atoms with Gasteiger partial charge in [-0.2, -0.15) is 5.26 Å². The fourth-order valence-corrected chi connectivity index (χ4v) is 1.34. The average molecular weight is 209 g/mol. The average Bonchev–Trinajstić information content (AvgIpc) is 2.37. The molecule has 1 aliphatic heterocycles. The highest BCUT2D eigenvalue weighted by molar-refractivity contribution is 6.44. The van der Waals surface area contributed by atoms with Gasteiger partial charge in [-0.05, 0) is 13.8 Å². The van der Waals surface area contributed by atoms with Crippen molar-refractivity contribution in [2.75, 3.05) is 6.54 Å². The van der Waals surface area contributed by atoms with Crippen LogP contribution < -0.4 is 0 Å². The molecule has 6 heteroatoms. The molecule has 0 aromatic rings. The van der Waals surface area contributed by atoms with Crippen LogP contribution in [-0.2, 0) is 9.59 Å². The van der Waals surface area contributed by atoms with Gasteiger partial charge in [0.05, 0.1) is 12.5 Å². The van der Waals surface area contributed by atoms with Crippen LogP contribution in [0.15, 0.2) is 0 Å². The molecule has 6 nitrogen and oxygen atoms in total. The van der Waals surface area contributed by atoms with Gasteiger partial charge in [-0.15, -0.1) is 0 Å². The second-order valence-corrected chi connectivity index (χ2v) is 3.42. The van der Waals surface area contributed by atoms with E-state index in [0.717, 1.165) is 9.80 Å². The number of imide groups is 2. The Labute approximate surface area is 87.0 Å². The molecule has 0 aliphatic carbocycles. The van der Waals surface area contributed by atoms with E-state index in [4.69, 9.17) is 5.26 Å². The number of hydrogen-bond acceptors (Lipinski definition) is 4. The van der Waals surface area contributed by atoms with Crippen LogP contribution in [0.4, 0.5) is 4.79 Å². The molecule has 0 bridgehead atoms. The van der Waals surface area contributed by atoms with E-state index in [-0.39, 0.29) is 19.0 Å². The quantitative estimate of drug-likeness (QED) is 0.487. The van der Waals surface area contributed by atoms with E-state index < -0.39 is 17.8 Å². The van der Waals surface area contributed by atoms with Crippen molar-refractivity contribution in [2.45, 2.75) is 26.3 Å². The highest BCUT2D eigenvalue weighted by Gasteiger charge is 2.45. The van der Waals surface area contributed by atoms with Gasteiger partial charge < -0.3 is 0 Å².